The average molecular weight is 239 g/mol. The molecule has 0 radical (unpaired) electrons. The SMILES string of the molecule is O=C1CCCc2ccc(OCCCCl)cc21. The van der Waals surface area contributed by atoms with Gasteiger partial charge in [-0.2, -0.15) is 0 Å². The Balaban J connectivity index is 2.11. The molecule has 1 aromatic rings. The Labute approximate surface area is 101 Å². The van der Waals surface area contributed by atoms with Crippen LogP contribution >= 0.6 is 11.6 Å². The Morgan fingerprint density at radius 1 is 1.31 bits per heavy atom. The number of hydrogen-bond donors (Lipinski definition) is 0. The summed E-state index contributed by atoms with van der Waals surface area (Å²) in [5.74, 6) is 1.62. The van der Waals surface area contributed by atoms with Gasteiger partial charge in [0.15, 0.2) is 5.78 Å². The van der Waals surface area contributed by atoms with E-state index in [4.69, 9.17) is 16.3 Å². The molecule has 86 valence electrons. The lowest BCUT2D eigenvalue weighted by molar-refractivity contribution is 0.0972. The Bertz CT molecular complexity index is 388. The van der Waals surface area contributed by atoms with Gasteiger partial charge in [0.05, 0.1) is 6.61 Å². The smallest absolute Gasteiger partial charge is 0.163 e. The number of carbonyl (C=O) groups is 1. The van der Waals surface area contributed by atoms with E-state index >= 15 is 0 Å². The molecule has 0 aromatic heterocycles. The van der Waals surface area contributed by atoms with Crippen LogP contribution in [0.2, 0.25) is 0 Å². The molecule has 0 atom stereocenters. The van der Waals surface area contributed by atoms with Crippen molar-refractivity contribution < 1.29 is 9.53 Å². The van der Waals surface area contributed by atoms with Crippen molar-refractivity contribution in [2.75, 3.05) is 12.5 Å². The largest absolute Gasteiger partial charge is 0.494 e. The van der Waals surface area contributed by atoms with Crippen molar-refractivity contribution in [3.05, 3.63) is 29.3 Å². The van der Waals surface area contributed by atoms with E-state index in [-0.39, 0.29) is 5.78 Å². The minimum Gasteiger partial charge on any atom is -0.494 e. The Kier molecular flexibility index (Phi) is 3.83. The van der Waals surface area contributed by atoms with Gasteiger partial charge in [0.2, 0.25) is 0 Å². The van der Waals surface area contributed by atoms with Crippen molar-refractivity contribution in [2.45, 2.75) is 25.7 Å². The molecular formula is C13H15ClO2. The first kappa shape index (κ1) is 11.5. The van der Waals surface area contributed by atoms with Gasteiger partial charge in [-0.15, -0.1) is 11.6 Å². The first-order valence-corrected chi connectivity index (χ1v) is 6.19. The molecule has 2 nitrogen and oxygen atoms in total. The summed E-state index contributed by atoms with van der Waals surface area (Å²) in [6.45, 7) is 0.608. The Hall–Kier alpha value is -1.02. The van der Waals surface area contributed by atoms with Crippen LogP contribution < -0.4 is 4.74 Å². The lowest BCUT2D eigenvalue weighted by Crippen LogP contribution is -2.11. The lowest BCUT2D eigenvalue weighted by Gasteiger charge is -2.15. The zero-order valence-electron chi connectivity index (χ0n) is 9.17. The highest BCUT2D eigenvalue weighted by Crippen LogP contribution is 2.25. The van der Waals surface area contributed by atoms with E-state index in [9.17, 15) is 4.79 Å². The van der Waals surface area contributed by atoms with Gasteiger partial charge < -0.3 is 4.74 Å². The van der Waals surface area contributed by atoms with Crippen LogP contribution in [0, 0.1) is 0 Å². The molecule has 0 saturated heterocycles. The van der Waals surface area contributed by atoms with Crippen LogP contribution in [-0.4, -0.2) is 18.3 Å². The Morgan fingerprint density at radius 3 is 3.00 bits per heavy atom. The standard InChI is InChI=1S/C13H15ClO2/c14-7-2-8-16-11-6-5-10-3-1-4-13(15)12(10)9-11/h5-6,9H,1-4,7-8H2. The number of ketones is 1. The fourth-order valence-corrected chi connectivity index (χ4v) is 2.05. The molecule has 16 heavy (non-hydrogen) atoms. The number of benzene rings is 1. The van der Waals surface area contributed by atoms with E-state index < -0.39 is 0 Å². The van der Waals surface area contributed by atoms with Gasteiger partial charge in [-0.05, 0) is 37.0 Å². The molecule has 0 unspecified atom stereocenters. The number of fused-ring (bicyclic) bond motifs is 1. The van der Waals surface area contributed by atoms with Gasteiger partial charge in [0, 0.05) is 17.9 Å². The van der Waals surface area contributed by atoms with E-state index in [2.05, 4.69) is 0 Å². The number of halogens is 1. The molecule has 0 saturated carbocycles. The quantitative estimate of drug-likeness (QED) is 0.595. The molecule has 3 heteroatoms. The molecule has 1 aromatic carbocycles. The van der Waals surface area contributed by atoms with Gasteiger partial charge in [-0.25, -0.2) is 0 Å². The van der Waals surface area contributed by atoms with Crippen LogP contribution in [0.4, 0.5) is 0 Å². The van der Waals surface area contributed by atoms with E-state index in [1.165, 1.54) is 0 Å². The summed E-state index contributed by atoms with van der Waals surface area (Å²) in [4.78, 5) is 11.7. The predicted molar refractivity (Wildman–Crippen MR) is 64.5 cm³/mol. The number of aryl methyl sites for hydroxylation is 1. The van der Waals surface area contributed by atoms with Gasteiger partial charge >= 0.3 is 0 Å². The second kappa shape index (κ2) is 5.35. The van der Waals surface area contributed by atoms with Crippen LogP contribution in [0.5, 0.6) is 5.75 Å². The number of alkyl halides is 1. The van der Waals surface area contributed by atoms with Gasteiger partial charge in [0.1, 0.15) is 5.75 Å². The first-order valence-electron chi connectivity index (χ1n) is 5.66. The van der Waals surface area contributed by atoms with Crippen LogP contribution in [-0.2, 0) is 6.42 Å². The number of hydrogen-bond acceptors (Lipinski definition) is 2. The number of Topliss-reactive ketones (excluding diaryl/α,β-unsaturated/α-hetero) is 1. The second-order valence-electron chi connectivity index (χ2n) is 3.99. The van der Waals surface area contributed by atoms with Gasteiger partial charge in [0.25, 0.3) is 0 Å². The minimum absolute atomic E-state index is 0.240. The predicted octanol–water partition coefficient (Wildman–Crippen LogP) is 3.21. The van der Waals surface area contributed by atoms with Gasteiger partial charge in [-0.1, -0.05) is 6.07 Å². The monoisotopic (exact) mass is 238 g/mol. The molecule has 0 amide bonds. The van der Waals surface area contributed by atoms with Crippen molar-refractivity contribution in [1.82, 2.24) is 0 Å². The highest BCUT2D eigenvalue weighted by molar-refractivity contribution is 6.17. The molecule has 0 fully saturated rings. The summed E-state index contributed by atoms with van der Waals surface area (Å²) in [7, 11) is 0. The third kappa shape index (κ3) is 2.56. The topological polar surface area (TPSA) is 26.3 Å². The summed E-state index contributed by atoms with van der Waals surface area (Å²) >= 11 is 5.57. The van der Waals surface area contributed by atoms with Crippen LogP contribution in [0.1, 0.15) is 35.2 Å². The molecular weight excluding hydrogens is 224 g/mol. The van der Waals surface area contributed by atoms with E-state index in [1.807, 2.05) is 18.2 Å². The van der Waals surface area contributed by atoms with E-state index in [0.717, 1.165) is 36.1 Å². The molecule has 0 aliphatic heterocycles. The molecule has 0 heterocycles. The third-order valence-electron chi connectivity index (χ3n) is 2.78. The molecule has 1 aliphatic carbocycles. The minimum atomic E-state index is 0.240. The zero-order valence-corrected chi connectivity index (χ0v) is 9.93. The van der Waals surface area contributed by atoms with E-state index in [0.29, 0.717) is 18.9 Å². The summed E-state index contributed by atoms with van der Waals surface area (Å²) in [5.41, 5.74) is 2.00. The lowest BCUT2D eigenvalue weighted by atomic mass is 9.90. The number of rotatable bonds is 4. The molecule has 0 bridgehead atoms. The molecule has 0 N–H and O–H groups in total. The third-order valence-corrected chi connectivity index (χ3v) is 3.05. The first-order chi connectivity index (χ1) is 7.81. The van der Waals surface area contributed by atoms with E-state index in [1.54, 1.807) is 0 Å². The summed E-state index contributed by atoms with van der Waals surface area (Å²) in [5, 5.41) is 0. The van der Waals surface area contributed by atoms with Crippen LogP contribution in [0.25, 0.3) is 0 Å². The molecule has 1 aliphatic rings. The summed E-state index contributed by atoms with van der Waals surface area (Å²) in [6, 6.07) is 5.80. The zero-order chi connectivity index (χ0) is 11.4. The normalized spacial score (nSPS) is 14.7. The maximum atomic E-state index is 11.7. The van der Waals surface area contributed by atoms with Crippen molar-refractivity contribution >= 4 is 17.4 Å². The number of carbonyl (C=O) groups excluding carboxylic acids is 1. The van der Waals surface area contributed by atoms with Crippen molar-refractivity contribution in [3.8, 4) is 5.75 Å². The maximum Gasteiger partial charge on any atom is 0.163 e. The van der Waals surface area contributed by atoms with Gasteiger partial charge in [-0.3, -0.25) is 4.79 Å². The van der Waals surface area contributed by atoms with Crippen molar-refractivity contribution in [2.24, 2.45) is 0 Å². The number of ether oxygens (including phenoxy) is 1. The average Bonchev–Trinajstić information content (AvgIpc) is 2.30. The molecule has 2 rings (SSSR count). The fourth-order valence-electron chi connectivity index (χ4n) is 1.94. The van der Waals surface area contributed by atoms with Crippen LogP contribution in [0.15, 0.2) is 18.2 Å². The van der Waals surface area contributed by atoms with Crippen LogP contribution in [0.3, 0.4) is 0 Å². The van der Waals surface area contributed by atoms with Crippen molar-refractivity contribution in [3.63, 3.8) is 0 Å². The fraction of sp³-hybridized carbons (Fsp3) is 0.462. The highest BCUT2D eigenvalue weighted by atomic mass is 35.5. The highest BCUT2D eigenvalue weighted by Gasteiger charge is 2.17. The summed E-state index contributed by atoms with van der Waals surface area (Å²) in [6.07, 6.45) is 3.46. The molecule has 0 spiro atoms. The summed E-state index contributed by atoms with van der Waals surface area (Å²) < 4.78 is 5.52. The van der Waals surface area contributed by atoms with Crippen molar-refractivity contribution in [1.29, 1.82) is 0 Å². The Morgan fingerprint density at radius 2 is 2.19 bits per heavy atom. The second-order valence-corrected chi connectivity index (χ2v) is 4.36. The maximum absolute atomic E-state index is 11.7.